The Morgan fingerprint density at radius 2 is 2.05 bits per heavy atom. The van der Waals surface area contributed by atoms with Crippen molar-refractivity contribution in [1.82, 2.24) is 5.16 Å². The fourth-order valence-corrected chi connectivity index (χ4v) is 5.55. The molecule has 1 amide bonds. The summed E-state index contributed by atoms with van der Waals surface area (Å²) in [4.78, 5) is 11.5. The summed E-state index contributed by atoms with van der Waals surface area (Å²) in [6.45, 7) is 1.22. The topological polar surface area (TPSA) is 87.6 Å². The standard InChI is InChI=1S/C14H18N2O4S/c15-12(17)10-9-3-1-4-13(11(9)16-20-10)14(5-2-8-21-13)18-6-7-19-14/h1-8H2,(H2,15,17)/t13-/m1/s1. The van der Waals surface area contributed by atoms with Crippen molar-refractivity contribution in [2.24, 2.45) is 5.73 Å². The fraction of sp³-hybridized carbons (Fsp3) is 0.714. The molecule has 2 spiro atoms. The molecule has 21 heavy (non-hydrogen) atoms. The molecule has 0 bridgehead atoms. The first-order valence-electron chi connectivity index (χ1n) is 7.39. The molecular weight excluding hydrogens is 292 g/mol. The molecule has 3 heterocycles. The summed E-state index contributed by atoms with van der Waals surface area (Å²) in [5.41, 5.74) is 7.07. The predicted molar refractivity (Wildman–Crippen MR) is 76.0 cm³/mol. The maximum absolute atomic E-state index is 11.5. The second-order valence-corrected chi connectivity index (χ2v) is 7.18. The van der Waals surface area contributed by atoms with Crippen molar-refractivity contribution in [3.05, 3.63) is 17.0 Å². The number of fused-ring (bicyclic) bond motifs is 3. The summed E-state index contributed by atoms with van der Waals surface area (Å²) < 4.78 is 17.0. The second-order valence-electron chi connectivity index (χ2n) is 5.79. The Morgan fingerprint density at radius 1 is 1.24 bits per heavy atom. The molecule has 2 N–H and O–H groups in total. The molecule has 3 aliphatic rings. The number of nitrogens with zero attached hydrogens (tertiary/aromatic N) is 1. The van der Waals surface area contributed by atoms with Crippen LogP contribution in [0.5, 0.6) is 0 Å². The normalized spacial score (nSPS) is 30.7. The number of nitrogens with two attached hydrogens (primary N) is 1. The number of thioether (sulfide) groups is 1. The first-order valence-corrected chi connectivity index (χ1v) is 8.38. The van der Waals surface area contributed by atoms with E-state index in [4.69, 9.17) is 19.7 Å². The van der Waals surface area contributed by atoms with Crippen molar-refractivity contribution in [3.8, 4) is 0 Å². The monoisotopic (exact) mass is 310 g/mol. The van der Waals surface area contributed by atoms with Crippen LogP contribution in [0.15, 0.2) is 4.52 Å². The Kier molecular flexibility index (Phi) is 3.06. The summed E-state index contributed by atoms with van der Waals surface area (Å²) >= 11 is 1.83. The van der Waals surface area contributed by atoms with Gasteiger partial charge in [-0.25, -0.2) is 0 Å². The van der Waals surface area contributed by atoms with Crippen molar-refractivity contribution in [3.63, 3.8) is 0 Å². The van der Waals surface area contributed by atoms with Crippen molar-refractivity contribution in [2.45, 2.75) is 42.6 Å². The van der Waals surface area contributed by atoms with Gasteiger partial charge in [0, 0.05) is 12.0 Å². The largest absolute Gasteiger partial charge is 0.363 e. The van der Waals surface area contributed by atoms with Crippen molar-refractivity contribution < 1.29 is 18.8 Å². The van der Waals surface area contributed by atoms with Crippen LogP contribution in [0.3, 0.4) is 0 Å². The zero-order valence-corrected chi connectivity index (χ0v) is 12.5. The maximum Gasteiger partial charge on any atom is 0.287 e. The minimum atomic E-state index is -0.628. The molecule has 1 aromatic heterocycles. The van der Waals surface area contributed by atoms with Crippen LogP contribution < -0.4 is 5.73 Å². The van der Waals surface area contributed by atoms with Gasteiger partial charge in [-0.15, -0.1) is 11.8 Å². The van der Waals surface area contributed by atoms with Crippen molar-refractivity contribution in [1.29, 1.82) is 0 Å². The van der Waals surface area contributed by atoms with Gasteiger partial charge in [0.1, 0.15) is 10.4 Å². The third-order valence-electron chi connectivity index (χ3n) is 4.72. The molecular formula is C14H18N2O4S. The third kappa shape index (κ3) is 1.74. The number of rotatable bonds is 1. The van der Waals surface area contributed by atoms with Crippen LogP contribution in [0.25, 0.3) is 0 Å². The summed E-state index contributed by atoms with van der Waals surface area (Å²) in [6.07, 6.45) is 4.57. The molecule has 1 aromatic rings. The van der Waals surface area contributed by atoms with E-state index in [0.717, 1.165) is 49.1 Å². The van der Waals surface area contributed by atoms with Gasteiger partial charge in [0.15, 0.2) is 5.79 Å². The highest BCUT2D eigenvalue weighted by Gasteiger charge is 2.62. The van der Waals surface area contributed by atoms with Crippen LogP contribution in [0, 0.1) is 0 Å². The predicted octanol–water partition coefficient (Wildman–Crippen LogP) is 1.58. The molecule has 0 unspecified atom stereocenters. The van der Waals surface area contributed by atoms with E-state index in [1.54, 1.807) is 0 Å². The van der Waals surface area contributed by atoms with E-state index in [1.165, 1.54) is 0 Å². The third-order valence-corrected chi connectivity index (χ3v) is 6.41. The number of aromatic nitrogens is 1. The van der Waals surface area contributed by atoms with Crippen LogP contribution in [0.4, 0.5) is 0 Å². The SMILES string of the molecule is NC(=O)c1onc2c1CCC[C@@]21SCCCC12OCCO2. The lowest BCUT2D eigenvalue weighted by atomic mass is 9.78. The Morgan fingerprint density at radius 3 is 2.81 bits per heavy atom. The van der Waals surface area contributed by atoms with Crippen LogP contribution in [-0.2, 0) is 20.6 Å². The molecule has 2 aliphatic heterocycles. The summed E-state index contributed by atoms with van der Waals surface area (Å²) in [6, 6.07) is 0. The van der Waals surface area contributed by atoms with E-state index in [1.807, 2.05) is 11.8 Å². The highest BCUT2D eigenvalue weighted by atomic mass is 32.2. The second kappa shape index (κ2) is 4.72. The minimum Gasteiger partial charge on any atom is -0.363 e. The molecule has 2 fully saturated rings. The van der Waals surface area contributed by atoms with E-state index in [2.05, 4.69) is 5.16 Å². The van der Waals surface area contributed by atoms with Gasteiger partial charge < -0.3 is 19.7 Å². The maximum atomic E-state index is 11.5. The molecule has 114 valence electrons. The van der Waals surface area contributed by atoms with Gasteiger partial charge in [0.05, 0.1) is 13.2 Å². The lowest BCUT2D eigenvalue weighted by molar-refractivity contribution is -0.196. The number of carbonyl (C=O) groups is 1. The number of hydrogen-bond donors (Lipinski definition) is 1. The number of amides is 1. The number of hydrogen-bond acceptors (Lipinski definition) is 6. The smallest absolute Gasteiger partial charge is 0.287 e. The first kappa shape index (κ1) is 13.6. The molecule has 0 radical (unpaired) electrons. The zero-order valence-electron chi connectivity index (χ0n) is 11.7. The van der Waals surface area contributed by atoms with E-state index >= 15 is 0 Å². The van der Waals surface area contributed by atoms with Crippen LogP contribution in [0.1, 0.15) is 47.5 Å². The van der Waals surface area contributed by atoms with Gasteiger partial charge in [-0.2, -0.15) is 0 Å². The van der Waals surface area contributed by atoms with E-state index in [9.17, 15) is 4.79 Å². The quantitative estimate of drug-likeness (QED) is 0.847. The Hall–Kier alpha value is -1.05. The van der Waals surface area contributed by atoms with Crippen LogP contribution in [-0.4, -0.2) is 35.8 Å². The Balaban J connectivity index is 1.87. The summed E-state index contributed by atoms with van der Waals surface area (Å²) in [5, 5.41) is 4.22. The van der Waals surface area contributed by atoms with Gasteiger partial charge in [-0.3, -0.25) is 4.79 Å². The van der Waals surface area contributed by atoms with Gasteiger partial charge in [0.25, 0.3) is 5.91 Å². The van der Waals surface area contributed by atoms with Gasteiger partial charge in [0.2, 0.25) is 5.76 Å². The van der Waals surface area contributed by atoms with E-state index in [-0.39, 0.29) is 10.5 Å². The number of primary amides is 1. The summed E-state index contributed by atoms with van der Waals surface area (Å²) in [5.74, 6) is 0.0520. The molecule has 7 heteroatoms. The molecule has 4 rings (SSSR count). The lowest BCUT2D eigenvalue weighted by Gasteiger charge is -2.49. The zero-order chi connectivity index (χ0) is 14.5. The Labute approximate surface area is 126 Å². The molecule has 2 saturated heterocycles. The first-order chi connectivity index (χ1) is 10.2. The van der Waals surface area contributed by atoms with Crippen molar-refractivity contribution >= 4 is 17.7 Å². The van der Waals surface area contributed by atoms with E-state index in [0.29, 0.717) is 13.2 Å². The molecule has 0 saturated carbocycles. The average Bonchev–Trinajstić information content (AvgIpc) is 3.11. The van der Waals surface area contributed by atoms with Gasteiger partial charge >= 0.3 is 0 Å². The summed E-state index contributed by atoms with van der Waals surface area (Å²) in [7, 11) is 0. The van der Waals surface area contributed by atoms with Crippen LogP contribution in [0.2, 0.25) is 0 Å². The highest BCUT2D eigenvalue weighted by Crippen LogP contribution is 2.59. The van der Waals surface area contributed by atoms with Crippen molar-refractivity contribution in [2.75, 3.05) is 19.0 Å². The lowest BCUT2D eigenvalue weighted by Crippen LogP contribution is -2.54. The highest BCUT2D eigenvalue weighted by molar-refractivity contribution is 8.00. The molecule has 6 nitrogen and oxygen atoms in total. The fourth-order valence-electron chi connectivity index (χ4n) is 3.89. The minimum absolute atomic E-state index is 0.198. The molecule has 0 aromatic carbocycles. The number of carbonyl (C=O) groups excluding carboxylic acids is 1. The van der Waals surface area contributed by atoms with Crippen LogP contribution >= 0.6 is 11.8 Å². The Bertz CT molecular complexity index is 582. The molecule has 1 aliphatic carbocycles. The molecule has 1 atom stereocenters. The van der Waals surface area contributed by atoms with Gasteiger partial charge in [-0.1, -0.05) is 5.16 Å². The van der Waals surface area contributed by atoms with Gasteiger partial charge in [-0.05, 0) is 31.4 Å². The van der Waals surface area contributed by atoms with E-state index < -0.39 is 11.7 Å². The number of ether oxygens (including phenoxy) is 2. The average molecular weight is 310 g/mol.